The lowest BCUT2D eigenvalue weighted by atomic mass is 9.98. The van der Waals surface area contributed by atoms with Gasteiger partial charge in [-0.2, -0.15) is 0 Å². The molecule has 1 atom stereocenters. The van der Waals surface area contributed by atoms with E-state index in [9.17, 15) is 14.4 Å². The van der Waals surface area contributed by atoms with Gasteiger partial charge in [0, 0.05) is 18.5 Å². The average molecular weight is 453 g/mol. The quantitative estimate of drug-likeness (QED) is 0.593. The molecule has 2 aromatic rings. The SMILES string of the molecule is CC(C)[C@@H](NC(=O)OCC1c2ccccc2-c2ccccc21)C(=O)N(CCC(=O)O)C(C)C. The molecular weight excluding hydrogens is 420 g/mol. The first-order valence-corrected chi connectivity index (χ1v) is 11.3. The van der Waals surface area contributed by atoms with Crippen LogP contribution < -0.4 is 5.32 Å². The van der Waals surface area contributed by atoms with E-state index in [1.165, 1.54) is 4.90 Å². The Hall–Kier alpha value is -3.35. The number of amides is 2. The summed E-state index contributed by atoms with van der Waals surface area (Å²) in [5.74, 6) is -1.54. The van der Waals surface area contributed by atoms with Crippen molar-refractivity contribution in [3.8, 4) is 11.1 Å². The molecule has 2 N–H and O–H groups in total. The highest BCUT2D eigenvalue weighted by Gasteiger charge is 2.32. The molecule has 2 aromatic carbocycles. The maximum atomic E-state index is 13.1. The summed E-state index contributed by atoms with van der Waals surface area (Å²) < 4.78 is 5.59. The number of alkyl carbamates (subject to hydrolysis) is 1. The Kier molecular flexibility index (Phi) is 7.74. The molecule has 0 aromatic heterocycles. The Morgan fingerprint density at radius 3 is 2.00 bits per heavy atom. The van der Waals surface area contributed by atoms with Crippen LogP contribution in [0, 0.1) is 5.92 Å². The van der Waals surface area contributed by atoms with E-state index in [-0.39, 0.29) is 43.4 Å². The largest absolute Gasteiger partial charge is 0.481 e. The van der Waals surface area contributed by atoms with Crippen LogP contribution in [0.25, 0.3) is 11.1 Å². The molecule has 3 rings (SSSR count). The topological polar surface area (TPSA) is 95.9 Å². The monoisotopic (exact) mass is 452 g/mol. The number of carbonyl (C=O) groups excluding carboxylic acids is 2. The number of hydrogen-bond acceptors (Lipinski definition) is 4. The highest BCUT2D eigenvalue weighted by Crippen LogP contribution is 2.44. The number of carboxylic acids is 1. The van der Waals surface area contributed by atoms with Gasteiger partial charge in [0.1, 0.15) is 12.6 Å². The van der Waals surface area contributed by atoms with Crippen LogP contribution in [-0.4, -0.2) is 53.2 Å². The fourth-order valence-electron chi connectivity index (χ4n) is 4.30. The minimum Gasteiger partial charge on any atom is -0.481 e. The molecule has 0 bridgehead atoms. The first-order valence-electron chi connectivity index (χ1n) is 11.3. The van der Waals surface area contributed by atoms with E-state index in [4.69, 9.17) is 9.84 Å². The fraction of sp³-hybridized carbons (Fsp3) is 0.423. The third-order valence-electron chi connectivity index (χ3n) is 6.02. The van der Waals surface area contributed by atoms with Crippen molar-refractivity contribution >= 4 is 18.0 Å². The van der Waals surface area contributed by atoms with Crippen molar-refractivity contribution in [3.63, 3.8) is 0 Å². The van der Waals surface area contributed by atoms with Gasteiger partial charge in [-0.25, -0.2) is 4.79 Å². The predicted molar refractivity (Wildman–Crippen MR) is 126 cm³/mol. The van der Waals surface area contributed by atoms with Gasteiger partial charge in [-0.1, -0.05) is 62.4 Å². The Morgan fingerprint density at radius 2 is 1.52 bits per heavy atom. The molecule has 1 aliphatic rings. The number of nitrogens with one attached hydrogen (secondary N) is 1. The normalized spacial score (nSPS) is 13.4. The number of carbonyl (C=O) groups is 3. The van der Waals surface area contributed by atoms with Crippen molar-refractivity contribution in [2.75, 3.05) is 13.2 Å². The van der Waals surface area contributed by atoms with Gasteiger partial charge in [0.15, 0.2) is 0 Å². The number of rotatable bonds is 9. The van der Waals surface area contributed by atoms with Crippen LogP contribution in [0.3, 0.4) is 0 Å². The smallest absolute Gasteiger partial charge is 0.407 e. The molecule has 0 unspecified atom stereocenters. The molecule has 0 fully saturated rings. The molecule has 0 heterocycles. The summed E-state index contributed by atoms with van der Waals surface area (Å²) in [6, 6.07) is 15.2. The molecule has 0 saturated heterocycles. The van der Waals surface area contributed by atoms with Gasteiger partial charge in [-0.05, 0) is 42.0 Å². The highest BCUT2D eigenvalue weighted by atomic mass is 16.5. The van der Waals surface area contributed by atoms with Crippen molar-refractivity contribution < 1.29 is 24.2 Å². The summed E-state index contributed by atoms with van der Waals surface area (Å²) >= 11 is 0. The Morgan fingerprint density at radius 1 is 0.970 bits per heavy atom. The van der Waals surface area contributed by atoms with E-state index in [1.54, 1.807) is 0 Å². The van der Waals surface area contributed by atoms with Crippen molar-refractivity contribution in [2.24, 2.45) is 5.92 Å². The standard InChI is InChI=1S/C26H32N2O5/c1-16(2)24(25(31)28(17(3)4)14-13-23(29)30)27-26(32)33-15-22-20-11-7-5-9-18(20)19-10-6-8-12-21(19)22/h5-12,16-17,22,24H,13-15H2,1-4H3,(H,27,32)(H,29,30)/t24-/m1/s1. The van der Waals surface area contributed by atoms with Crippen LogP contribution in [0.4, 0.5) is 4.79 Å². The van der Waals surface area contributed by atoms with E-state index in [2.05, 4.69) is 17.4 Å². The maximum absolute atomic E-state index is 13.1. The number of ether oxygens (including phenoxy) is 1. The Bertz CT molecular complexity index is 972. The van der Waals surface area contributed by atoms with Gasteiger partial charge in [-0.3, -0.25) is 9.59 Å². The minimum atomic E-state index is -0.973. The molecule has 0 radical (unpaired) electrons. The third-order valence-corrected chi connectivity index (χ3v) is 6.02. The van der Waals surface area contributed by atoms with E-state index in [1.807, 2.05) is 64.1 Å². The summed E-state index contributed by atoms with van der Waals surface area (Å²) in [7, 11) is 0. The van der Waals surface area contributed by atoms with Gasteiger partial charge in [0.2, 0.25) is 5.91 Å². The zero-order chi connectivity index (χ0) is 24.1. The molecular formula is C26H32N2O5. The van der Waals surface area contributed by atoms with E-state index < -0.39 is 18.1 Å². The van der Waals surface area contributed by atoms with Gasteiger partial charge in [0.05, 0.1) is 6.42 Å². The highest BCUT2D eigenvalue weighted by molar-refractivity contribution is 5.86. The van der Waals surface area contributed by atoms with Crippen LogP contribution in [0.5, 0.6) is 0 Å². The first kappa shape index (κ1) is 24.3. The van der Waals surface area contributed by atoms with Crippen LogP contribution >= 0.6 is 0 Å². The number of nitrogens with zero attached hydrogens (tertiary/aromatic N) is 1. The van der Waals surface area contributed by atoms with Gasteiger partial charge < -0.3 is 20.1 Å². The number of benzene rings is 2. The van der Waals surface area contributed by atoms with E-state index in [0.717, 1.165) is 22.3 Å². The van der Waals surface area contributed by atoms with Crippen LogP contribution in [0.2, 0.25) is 0 Å². The van der Waals surface area contributed by atoms with Gasteiger partial charge in [-0.15, -0.1) is 0 Å². The third kappa shape index (κ3) is 5.53. The number of carboxylic acid groups (broad SMARTS) is 1. The molecule has 33 heavy (non-hydrogen) atoms. The fourth-order valence-corrected chi connectivity index (χ4v) is 4.30. The second-order valence-corrected chi connectivity index (χ2v) is 8.96. The zero-order valence-electron chi connectivity index (χ0n) is 19.6. The lowest BCUT2D eigenvalue weighted by Gasteiger charge is -2.32. The van der Waals surface area contributed by atoms with E-state index >= 15 is 0 Å². The molecule has 2 amide bonds. The Labute approximate surface area is 194 Å². The maximum Gasteiger partial charge on any atom is 0.407 e. The number of fused-ring (bicyclic) bond motifs is 3. The number of aliphatic carboxylic acids is 1. The second kappa shape index (κ2) is 10.5. The molecule has 176 valence electrons. The first-order chi connectivity index (χ1) is 15.7. The molecule has 0 spiro atoms. The molecule has 0 aliphatic heterocycles. The Balaban J connectivity index is 1.68. The molecule has 1 aliphatic carbocycles. The molecule has 7 nitrogen and oxygen atoms in total. The minimum absolute atomic E-state index is 0.0703. The van der Waals surface area contributed by atoms with Crippen LogP contribution in [0.15, 0.2) is 48.5 Å². The van der Waals surface area contributed by atoms with Crippen molar-refractivity contribution in [1.82, 2.24) is 10.2 Å². The molecule has 7 heteroatoms. The predicted octanol–water partition coefficient (Wildman–Crippen LogP) is 4.26. The van der Waals surface area contributed by atoms with E-state index in [0.29, 0.717) is 0 Å². The summed E-state index contributed by atoms with van der Waals surface area (Å²) in [4.78, 5) is 38.3. The second-order valence-electron chi connectivity index (χ2n) is 8.96. The van der Waals surface area contributed by atoms with Gasteiger partial charge in [0.25, 0.3) is 0 Å². The lowest BCUT2D eigenvalue weighted by molar-refractivity contribution is -0.140. The van der Waals surface area contributed by atoms with Gasteiger partial charge >= 0.3 is 12.1 Å². The lowest BCUT2D eigenvalue weighted by Crippen LogP contribution is -2.53. The van der Waals surface area contributed by atoms with Crippen molar-refractivity contribution in [1.29, 1.82) is 0 Å². The number of hydrogen-bond donors (Lipinski definition) is 2. The average Bonchev–Trinajstić information content (AvgIpc) is 3.09. The summed E-state index contributed by atoms with van der Waals surface area (Å²) in [6.07, 6.45) is -0.814. The van der Waals surface area contributed by atoms with Crippen molar-refractivity contribution in [2.45, 2.75) is 52.1 Å². The molecule has 0 saturated carbocycles. The summed E-state index contributed by atoms with van der Waals surface area (Å²) in [5, 5.41) is 11.7. The zero-order valence-corrected chi connectivity index (χ0v) is 19.6. The summed E-state index contributed by atoms with van der Waals surface area (Å²) in [6.45, 7) is 7.56. The summed E-state index contributed by atoms with van der Waals surface area (Å²) in [5.41, 5.74) is 4.51. The van der Waals surface area contributed by atoms with Crippen LogP contribution in [0.1, 0.15) is 51.2 Å². The van der Waals surface area contributed by atoms with Crippen LogP contribution in [-0.2, 0) is 14.3 Å². The van der Waals surface area contributed by atoms with Crippen molar-refractivity contribution in [3.05, 3.63) is 59.7 Å².